The van der Waals surface area contributed by atoms with Crippen LogP contribution < -0.4 is 10.5 Å². The van der Waals surface area contributed by atoms with Gasteiger partial charge in [0.15, 0.2) is 5.76 Å². The molecule has 0 spiro atoms. The molecule has 4 heteroatoms. The Morgan fingerprint density at radius 1 is 1.13 bits per heavy atom. The van der Waals surface area contributed by atoms with Crippen LogP contribution in [0.15, 0.2) is 46.9 Å². The lowest BCUT2D eigenvalue weighted by Gasteiger charge is -2.00. The first-order valence-corrected chi connectivity index (χ1v) is 4.79. The number of rotatable bonds is 3. The molecule has 0 aliphatic carbocycles. The summed E-state index contributed by atoms with van der Waals surface area (Å²) < 4.78 is 10.7. The van der Waals surface area contributed by atoms with Crippen molar-refractivity contribution in [3.8, 4) is 11.7 Å². The maximum atomic E-state index is 5.43. The summed E-state index contributed by atoms with van der Waals surface area (Å²) in [6.07, 6.45) is 0. The molecule has 0 radical (unpaired) electrons. The van der Waals surface area contributed by atoms with Crippen molar-refractivity contribution in [2.75, 3.05) is 0 Å². The van der Waals surface area contributed by atoms with Gasteiger partial charge >= 0.3 is 0 Å². The molecule has 1 heterocycles. The average molecular weight is 219 g/mol. The van der Waals surface area contributed by atoms with Crippen LogP contribution in [-0.2, 0) is 0 Å². The van der Waals surface area contributed by atoms with Crippen molar-refractivity contribution < 1.29 is 9.15 Å². The molecule has 0 aliphatic rings. The Hall–Kier alpha value is -1.81. The van der Waals surface area contributed by atoms with Crippen molar-refractivity contribution in [1.82, 2.24) is 0 Å². The topological polar surface area (TPSA) is 48.4 Å². The number of para-hydroxylation sites is 1. The summed E-state index contributed by atoms with van der Waals surface area (Å²) in [6.45, 7) is 0. The molecule has 15 heavy (non-hydrogen) atoms. The molecule has 0 fully saturated rings. The van der Waals surface area contributed by atoms with Gasteiger partial charge < -0.3 is 14.9 Å². The summed E-state index contributed by atoms with van der Waals surface area (Å²) in [6, 6.07) is 12.7. The van der Waals surface area contributed by atoms with Gasteiger partial charge in [0.1, 0.15) is 10.7 Å². The zero-order valence-electron chi connectivity index (χ0n) is 7.84. The molecule has 2 N–H and O–H groups in total. The first-order valence-electron chi connectivity index (χ1n) is 4.38. The fourth-order valence-electron chi connectivity index (χ4n) is 1.11. The number of thiocarbonyl (C=S) groups is 1. The van der Waals surface area contributed by atoms with Gasteiger partial charge in [0.2, 0.25) is 0 Å². The molecule has 0 atom stereocenters. The largest absolute Gasteiger partial charge is 0.426 e. The molecule has 3 nitrogen and oxygen atoms in total. The van der Waals surface area contributed by atoms with Crippen LogP contribution in [0, 0.1) is 0 Å². The third kappa shape index (κ3) is 2.35. The van der Waals surface area contributed by atoms with E-state index in [4.69, 9.17) is 27.1 Å². The number of hydrogen-bond acceptors (Lipinski definition) is 3. The van der Waals surface area contributed by atoms with E-state index in [1.807, 2.05) is 30.3 Å². The van der Waals surface area contributed by atoms with Gasteiger partial charge in [0.25, 0.3) is 5.95 Å². The number of hydrogen-bond donors (Lipinski definition) is 1. The highest BCUT2D eigenvalue weighted by Crippen LogP contribution is 2.23. The van der Waals surface area contributed by atoms with Gasteiger partial charge in [-0.3, -0.25) is 0 Å². The standard InChI is InChI=1S/C11H9NO2S/c12-11(15)9-6-7-10(14-9)13-8-4-2-1-3-5-8/h1-7H,(H2,12,15). The Balaban J connectivity index is 2.15. The van der Waals surface area contributed by atoms with Crippen LogP contribution in [0.25, 0.3) is 0 Å². The van der Waals surface area contributed by atoms with E-state index in [-0.39, 0.29) is 4.99 Å². The Morgan fingerprint density at radius 2 is 1.87 bits per heavy atom. The van der Waals surface area contributed by atoms with Gasteiger partial charge in [0.05, 0.1) is 0 Å². The van der Waals surface area contributed by atoms with Gasteiger partial charge in [-0.15, -0.1) is 0 Å². The average Bonchev–Trinajstić information content (AvgIpc) is 2.68. The van der Waals surface area contributed by atoms with E-state index in [0.29, 0.717) is 17.5 Å². The highest BCUT2D eigenvalue weighted by Gasteiger charge is 2.05. The SMILES string of the molecule is NC(=S)c1ccc(Oc2ccccc2)o1. The highest BCUT2D eigenvalue weighted by molar-refractivity contribution is 7.80. The van der Waals surface area contributed by atoms with Crippen LogP contribution in [0.4, 0.5) is 0 Å². The smallest absolute Gasteiger partial charge is 0.290 e. The van der Waals surface area contributed by atoms with Crippen molar-refractivity contribution in [2.24, 2.45) is 5.73 Å². The van der Waals surface area contributed by atoms with Crippen LogP contribution in [-0.4, -0.2) is 4.99 Å². The third-order valence-corrected chi connectivity index (χ3v) is 1.99. The van der Waals surface area contributed by atoms with E-state index in [9.17, 15) is 0 Å². The highest BCUT2D eigenvalue weighted by atomic mass is 32.1. The predicted molar refractivity (Wildman–Crippen MR) is 61.1 cm³/mol. The van der Waals surface area contributed by atoms with E-state index in [1.54, 1.807) is 12.1 Å². The van der Waals surface area contributed by atoms with Crippen molar-refractivity contribution in [3.05, 3.63) is 48.2 Å². The van der Waals surface area contributed by atoms with Gasteiger partial charge in [-0.2, -0.15) is 0 Å². The second-order valence-electron chi connectivity index (χ2n) is 2.90. The fraction of sp³-hybridized carbons (Fsp3) is 0. The fourth-order valence-corrected chi connectivity index (χ4v) is 1.22. The molecule has 0 saturated carbocycles. The molecule has 0 aliphatic heterocycles. The minimum absolute atomic E-state index is 0.220. The molecule has 0 bridgehead atoms. The summed E-state index contributed by atoms with van der Waals surface area (Å²) in [5, 5.41) is 0. The number of benzene rings is 1. The van der Waals surface area contributed by atoms with Crippen molar-refractivity contribution >= 4 is 17.2 Å². The summed E-state index contributed by atoms with van der Waals surface area (Å²) in [4.78, 5) is 0.220. The van der Waals surface area contributed by atoms with Crippen LogP contribution in [0.3, 0.4) is 0 Å². The maximum Gasteiger partial charge on any atom is 0.290 e. The lowest BCUT2D eigenvalue weighted by molar-refractivity contribution is 0.344. The Kier molecular flexibility index (Phi) is 2.69. The predicted octanol–water partition coefficient (Wildman–Crippen LogP) is 2.71. The van der Waals surface area contributed by atoms with Crippen molar-refractivity contribution in [3.63, 3.8) is 0 Å². The Bertz CT molecular complexity index is 464. The monoisotopic (exact) mass is 219 g/mol. The molecular formula is C11H9NO2S. The third-order valence-electron chi connectivity index (χ3n) is 1.79. The van der Waals surface area contributed by atoms with E-state index in [1.165, 1.54) is 0 Å². The molecule has 0 amide bonds. The van der Waals surface area contributed by atoms with Gasteiger partial charge in [-0.05, 0) is 18.2 Å². The van der Waals surface area contributed by atoms with E-state index >= 15 is 0 Å². The molecule has 2 rings (SSSR count). The molecular weight excluding hydrogens is 210 g/mol. The summed E-state index contributed by atoms with van der Waals surface area (Å²) in [5.41, 5.74) is 5.40. The number of ether oxygens (including phenoxy) is 1. The van der Waals surface area contributed by atoms with E-state index < -0.39 is 0 Å². The van der Waals surface area contributed by atoms with Gasteiger partial charge in [-0.25, -0.2) is 0 Å². The molecule has 1 aromatic carbocycles. The number of nitrogens with two attached hydrogens (primary N) is 1. The first kappa shape index (κ1) is 9.73. The van der Waals surface area contributed by atoms with Crippen LogP contribution in [0.1, 0.15) is 5.76 Å². The Labute approximate surface area is 92.5 Å². The lowest BCUT2D eigenvalue weighted by atomic mass is 10.3. The van der Waals surface area contributed by atoms with Gasteiger partial charge in [0, 0.05) is 6.07 Å². The molecule has 0 unspecified atom stereocenters. The minimum atomic E-state index is 0.220. The lowest BCUT2D eigenvalue weighted by Crippen LogP contribution is -2.07. The Morgan fingerprint density at radius 3 is 2.47 bits per heavy atom. The van der Waals surface area contributed by atoms with E-state index in [2.05, 4.69) is 0 Å². The zero-order valence-corrected chi connectivity index (χ0v) is 8.66. The summed E-state index contributed by atoms with van der Waals surface area (Å²) in [7, 11) is 0. The van der Waals surface area contributed by atoms with Crippen LogP contribution in [0.2, 0.25) is 0 Å². The van der Waals surface area contributed by atoms with Crippen molar-refractivity contribution in [1.29, 1.82) is 0 Å². The second-order valence-corrected chi connectivity index (χ2v) is 3.34. The molecule has 76 valence electrons. The van der Waals surface area contributed by atoms with Crippen LogP contribution in [0.5, 0.6) is 11.7 Å². The molecule has 0 saturated heterocycles. The van der Waals surface area contributed by atoms with Gasteiger partial charge in [-0.1, -0.05) is 30.4 Å². The normalized spacial score (nSPS) is 9.87. The molecule has 2 aromatic rings. The summed E-state index contributed by atoms with van der Waals surface area (Å²) >= 11 is 4.77. The quantitative estimate of drug-likeness (QED) is 0.806. The van der Waals surface area contributed by atoms with E-state index in [0.717, 1.165) is 0 Å². The minimum Gasteiger partial charge on any atom is -0.426 e. The second kappa shape index (κ2) is 4.14. The van der Waals surface area contributed by atoms with Crippen molar-refractivity contribution in [2.45, 2.75) is 0 Å². The summed E-state index contributed by atoms with van der Waals surface area (Å²) in [5.74, 6) is 1.54. The number of furan rings is 1. The first-order chi connectivity index (χ1) is 7.25. The molecule has 1 aromatic heterocycles. The maximum absolute atomic E-state index is 5.43. The zero-order chi connectivity index (χ0) is 10.7. The van der Waals surface area contributed by atoms with Crippen LogP contribution >= 0.6 is 12.2 Å².